The highest BCUT2D eigenvalue weighted by molar-refractivity contribution is 6.17. The summed E-state index contributed by atoms with van der Waals surface area (Å²) in [6.45, 7) is 6.16. The molecule has 0 aliphatic heterocycles. The third-order valence-corrected chi connectivity index (χ3v) is 5.36. The van der Waals surface area contributed by atoms with E-state index in [1.165, 1.54) is 0 Å². The number of aromatic amines is 1. The number of ketones is 1. The number of rotatable bonds is 4. The van der Waals surface area contributed by atoms with Crippen LogP contribution in [-0.4, -0.2) is 16.7 Å². The number of amides is 1. The molecule has 4 aromatic rings. The van der Waals surface area contributed by atoms with Crippen molar-refractivity contribution in [2.24, 2.45) is 0 Å². The maximum Gasteiger partial charge on any atom is 0.256 e. The van der Waals surface area contributed by atoms with Crippen LogP contribution < -0.4 is 10.9 Å². The molecule has 5 heteroatoms. The molecule has 1 aromatic heterocycles. The van der Waals surface area contributed by atoms with E-state index in [0.29, 0.717) is 27.9 Å². The fraction of sp³-hybridized carbons (Fsp3) is 0.148. The molecule has 0 unspecified atom stereocenters. The van der Waals surface area contributed by atoms with Crippen LogP contribution in [0.15, 0.2) is 83.7 Å². The average Bonchev–Trinajstić information content (AvgIpc) is 2.77. The first-order valence-electron chi connectivity index (χ1n) is 10.4. The van der Waals surface area contributed by atoms with Crippen LogP contribution in [0, 0.1) is 0 Å². The van der Waals surface area contributed by atoms with Crippen LogP contribution in [0.1, 0.15) is 52.6 Å². The Morgan fingerprint density at radius 2 is 1.47 bits per heavy atom. The van der Waals surface area contributed by atoms with Gasteiger partial charge in [0.15, 0.2) is 5.78 Å². The van der Waals surface area contributed by atoms with Gasteiger partial charge in [-0.05, 0) is 29.2 Å². The molecule has 0 radical (unpaired) electrons. The largest absolute Gasteiger partial charge is 0.322 e. The number of hydrogen-bond acceptors (Lipinski definition) is 3. The average molecular weight is 425 g/mol. The minimum atomic E-state index is -0.390. The Labute approximate surface area is 186 Å². The Balaban J connectivity index is 1.68. The van der Waals surface area contributed by atoms with Gasteiger partial charge in [0.05, 0.1) is 11.1 Å². The number of fused-ring (bicyclic) bond motifs is 1. The van der Waals surface area contributed by atoms with E-state index in [1.807, 2.05) is 12.1 Å². The molecular formula is C27H24N2O3. The van der Waals surface area contributed by atoms with Crippen molar-refractivity contribution in [2.75, 3.05) is 5.32 Å². The van der Waals surface area contributed by atoms with Gasteiger partial charge in [-0.2, -0.15) is 0 Å². The zero-order chi connectivity index (χ0) is 22.9. The summed E-state index contributed by atoms with van der Waals surface area (Å²) < 4.78 is 0. The number of hydrogen-bond donors (Lipinski definition) is 2. The highest BCUT2D eigenvalue weighted by atomic mass is 16.2. The lowest BCUT2D eigenvalue weighted by atomic mass is 9.85. The fourth-order valence-electron chi connectivity index (χ4n) is 3.78. The van der Waals surface area contributed by atoms with Gasteiger partial charge in [0.2, 0.25) is 5.56 Å². The highest BCUT2D eigenvalue weighted by Gasteiger charge is 2.20. The first-order chi connectivity index (χ1) is 15.2. The summed E-state index contributed by atoms with van der Waals surface area (Å²) in [5, 5.41) is 3.79. The monoisotopic (exact) mass is 424 g/mol. The molecule has 5 nitrogen and oxygen atoms in total. The molecule has 1 heterocycles. The number of carbonyl (C=O) groups excluding carboxylic acids is 2. The number of benzene rings is 3. The molecule has 1 amide bonds. The topological polar surface area (TPSA) is 79.0 Å². The number of anilines is 1. The molecule has 0 aliphatic carbocycles. The second-order valence-corrected chi connectivity index (χ2v) is 8.75. The smallest absolute Gasteiger partial charge is 0.256 e. The van der Waals surface area contributed by atoms with Crippen molar-refractivity contribution in [1.29, 1.82) is 0 Å². The molecule has 32 heavy (non-hydrogen) atoms. The van der Waals surface area contributed by atoms with E-state index in [2.05, 4.69) is 31.1 Å². The lowest BCUT2D eigenvalue weighted by Gasteiger charge is -2.21. The first kappa shape index (κ1) is 21.2. The normalized spacial score (nSPS) is 11.3. The van der Waals surface area contributed by atoms with Gasteiger partial charge in [-0.25, -0.2) is 0 Å². The molecule has 0 spiro atoms. The van der Waals surface area contributed by atoms with Crippen LogP contribution in [0.3, 0.4) is 0 Å². The summed E-state index contributed by atoms with van der Waals surface area (Å²) in [7, 11) is 0. The van der Waals surface area contributed by atoms with Gasteiger partial charge in [-0.1, -0.05) is 75.4 Å². The summed E-state index contributed by atoms with van der Waals surface area (Å²) in [6.07, 6.45) is 0. The van der Waals surface area contributed by atoms with Crippen molar-refractivity contribution < 1.29 is 9.59 Å². The molecule has 0 bridgehead atoms. The molecule has 0 saturated carbocycles. The Kier molecular flexibility index (Phi) is 5.49. The van der Waals surface area contributed by atoms with E-state index in [0.717, 1.165) is 10.9 Å². The standard InChI is InChI=1S/C27H24N2O3/c1-27(2,3)22-16-24(30)29-23-15-18(13-14-21(22)23)28-26(32)20-12-8-7-11-19(20)25(31)17-9-5-4-6-10-17/h4-16H,1-3H3,(H,28,32)(H,29,30). The molecule has 0 aliphatic rings. The molecule has 4 rings (SSSR count). The van der Waals surface area contributed by atoms with Crippen LogP contribution in [-0.2, 0) is 5.41 Å². The van der Waals surface area contributed by atoms with Gasteiger partial charge >= 0.3 is 0 Å². The predicted molar refractivity (Wildman–Crippen MR) is 128 cm³/mol. The lowest BCUT2D eigenvalue weighted by Crippen LogP contribution is -2.18. The first-order valence-corrected chi connectivity index (χ1v) is 10.4. The van der Waals surface area contributed by atoms with Crippen LogP contribution >= 0.6 is 0 Å². The lowest BCUT2D eigenvalue weighted by molar-refractivity contribution is 0.0996. The van der Waals surface area contributed by atoms with E-state index in [-0.39, 0.29) is 16.8 Å². The van der Waals surface area contributed by atoms with Crippen LogP contribution in [0.25, 0.3) is 10.9 Å². The Bertz CT molecular complexity index is 1380. The quantitative estimate of drug-likeness (QED) is 0.436. The Morgan fingerprint density at radius 1 is 0.812 bits per heavy atom. The van der Waals surface area contributed by atoms with Crippen molar-refractivity contribution in [3.05, 3.63) is 111 Å². The molecule has 2 N–H and O–H groups in total. The number of carbonyl (C=O) groups is 2. The fourth-order valence-corrected chi connectivity index (χ4v) is 3.78. The summed E-state index contributed by atoms with van der Waals surface area (Å²) in [6, 6.07) is 22.7. The Hall–Kier alpha value is -3.99. The van der Waals surface area contributed by atoms with Crippen molar-refractivity contribution in [1.82, 2.24) is 4.98 Å². The van der Waals surface area contributed by atoms with Crippen LogP contribution in [0.5, 0.6) is 0 Å². The summed E-state index contributed by atoms with van der Waals surface area (Å²) in [5.41, 5.74) is 2.87. The van der Waals surface area contributed by atoms with Gasteiger partial charge in [0.25, 0.3) is 5.91 Å². The minimum absolute atomic E-state index is 0.190. The van der Waals surface area contributed by atoms with E-state index in [9.17, 15) is 14.4 Å². The highest BCUT2D eigenvalue weighted by Crippen LogP contribution is 2.29. The number of aromatic nitrogens is 1. The van der Waals surface area contributed by atoms with E-state index in [1.54, 1.807) is 66.7 Å². The van der Waals surface area contributed by atoms with Gasteiger partial charge < -0.3 is 10.3 Å². The number of pyridine rings is 1. The summed E-state index contributed by atoms with van der Waals surface area (Å²) in [4.78, 5) is 41.0. The maximum atomic E-state index is 13.1. The SMILES string of the molecule is CC(C)(C)c1cc(=O)[nH]c2cc(NC(=O)c3ccccc3C(=O)c3ccccc3)ccc12. The molecular weight excluding hydrogens is 400 g/mol. The van der Waals surface area contributed by atoms with Crippen molar-refractivity contribution in [3.63, 3.8) is 0 Å². The number of H-pyrrole nitrogens is 1. The van der Waals surface area contributed by atoms with Gasteiger partial charge in [0, 0.05) is 28.3 Å². The molecule has 3 aromatic carbocycles. The van der Waals surface area contributed by atoms with Gasteiger partial charge in [-0.3, -0.25) is 14.4 Å². The Morgan fingerprint density at radius 3 is 2.16 bits per heavy atom. The molecule has 0 saturated heterocycles. The third kappa shape index (κ3) is 4.23. The third-order valence-electron chi connectivity index (χ3n) is 5.36. The zero-order valence-electron chi connectivity index (χ0n) is 18.2. The van der Waals surface area contributed by atoms with Crippen LogP contribution in [0.2, 0.25) is 0 Å². The van der Waals surface area contributed by atoms with Gasteiger partial charge in [0.1, 0.15) is 0 Å². The van der Waals surface area contributed by atoms with Crippen molar-refractivity contribution in [2.45, 2.75) is 26.2 Å². The molecule has 160 valence electrons. The summed E-state index contributed by atoms with van der Waals surface area (Å²) >= 11 is 0. The van der Waals surface area contributed by atoms with Crippen molar-refractivity contribution in [3.8, 4) is 0 Å². The second kappa shape index (κ2) is 8.27. The molecule has 0 atom stereocenters. The maximum absolute atomic E-state index is 13.1. The van der Waals surface area contributed by atoms with E-state index >= 15 is 0 Å². The van der Waals surface area contributed by atoms with Gasteiger partial charge in [-0.15, -0.1) is 0 Å². The van der Waals surface area contributed by atoms with Crippen molar-refractivity contribution >= 4 is 28.3 Å². The summed E-state index contributed by atoms with van der Waals surface area (Å²) in [5.74, 6) is -0.604. The number of nitrogens with one attached hydrogen (secondary N) is 2. The zero-order valence-corrected chi connectivity index (χ0v) is 18.2. The predicted octanol–water partition coefficient (Wildman–Crippen LogP) is 5.31. The van der Waals surface area contributed by atoms with E-state index in [4.69, 9.17) is 0 Å². The second-order valence-electron chi connectivity index (χ2n) is 8.75. The van der Waals surface area contributed by atoms with E-state index < -0.39 is 5.91 Å². The van der Waals surface area contributed by atoms with Crippen LogP contribution in [0.4, 0.5) is 5.69 Å². The molecule has 0 fully saturated rings. The minimum Gasteiger partial charge on any atom is -0.322 e.